The van der Waals surface area contributed by atoms with Gasteiger partial charge in [0.05, 0.1) is 0 Å². The zero-order valence-corrected chi connectivity index (χ0v) is 8.20. The number of rotatable bonds is 3. The Morgan fingerprint density at radius 3 is 2.77 bits per heavy atom. The van der Waals surface area contributed by atoms with Crippen LogP contribution in [0.2, 0.25) is 0 Å². The molecule has 0 aliphatic rings. The van der Waals surface area contributed by atoms with Gasteiger partial charge in [-0.3, -0.25) is 0 Å². The maximum Gasteiger partial charge on any atom is 0.157 e. The van der Waals surface area contributed by atoms with Crippen molar-refractivity contribution in [3.63, 3.8) is 0 Å². The summed E-state index contributed by atoms with van der Waals surface area (Å²) >= 11 is 0. The Morgan fingerprint density at radius 1 is 1.54 bits per heavy atom. The summed E-state index contributed by atoms with van der Waals surface area (Å²) in [5.41, 5.74) is 6.47. The van der Waals surface area contributed by atoms with Crippen LogP contribution in [0.5, 0.6) is 0 Å². The molecule has 1 rings (SSSR count). The lowest BCUT2D eigenvalue weighted by atomic mass is 10.4. The van der Waals surface area contributed by atoms with Gasteiger partial charge in [0, 0.05) is 20.6 Å². The summed E-state index contributed by atoms with van der Waals surface area (Å²) in [5.74, 6) is 1.31. The second-order valence-corrected chi connectivity index (χ2v) is 2.72. The van der Waals surface area contributed by atoms with Crippen LogP contribution < -0.4 is 16.0 Å². The van der Waals surface area contributed by atoms with Crippen molar-refractivity contribution in [2.45, 2.75) is 6.92 Å². The molecule has 0 unspecified atom stereocenters. The van der Waals surface area contributed by atoms with E-state index < -0.39 is 0 Å². The lowest BCUT2D eigenvalue weighted by Gasteiger charge is -2.19. The molecule has 3 N–H and O–H groups in total. The molecule has 0 aliphatic heterocycles. The molecule has 1 aromatic rings. The van der Waals surface area contributed by atoms with Crippen LogP contribution in [0.4, 0.5) is 17.3 Å². The van der Waals surface area contributed by atoms with E-state index in [1.54, 1.807) is 0 Å². The van der Waals surface area contributed by atoms with Gasteiger partial charge < -0.3 is 16.0 Å². The molecule has 0 aromatic carbocycles. The van der Waals surface area contributed by atoms with Crippen molar-refractivity contribution in [2.75, 3.05) is 36.6 Å². The Hall–Kier alpha value is -1.52. The molecule has 0 bridgehead atoms. The normalized spacial score (nSPS) is 9.77. The van der Waals surface area contributed by atoms with E-state index in [2.05, 4.69) is 22.2 Å². The van der Waals surface area contributed by atoms with Gasteiger partial charge in [-0.1, -0.05) is 0 Å². The van der Waals surface area contributed by atoms with Gasteiger partial charge in [-0.25, -0.2) is 9.97 Å². The lowest BCUT2D eigenvalue weighted by molar-refractivity contribution is 0.931. The van der Waals surface area contributed by atoms with Crippen molar-refractivity contribution in [3.05, 3.63) is 6.33 Å². The van der Waals surface area contributed by atoms with Gasteiger partial charge in [0.15, 0.2) is 11.6 Å². The SMILES string of the molecule is CCN(C)c1ncnc(N)c1NC. The van der Waals surface area contributed by atoms with E-state index in [0.29, 0.717) is 5.82 Å². The Balaban J connectivity index is 3.12. The number of hydrogen-bond acceptors (Lipinski definition) is 5. The van der Waals surface area contributed by atoms with Gasteiger partial charge in [0.1, 0.15) is 12.0 Å². The van der Waals surface area contributed by atoms with Crippen LogP contribution >= 0.6 is 0 Å². The molecular weight excluding hydrogens is 166 g/mol. The van der Waals surface area contributed by atoms with E-state index in [1.165, 1.54) is 6.33 Å². The van der Waals surface area contributed by atoms with E-state index in [9.17, 15) is 0 Å². The highest BCUT2D eigenvalue weighted by atomic mass is 15.2. The molecule has 0 atom stereocenters. The minimum atomic E-state index is 0.479. The average Bonchev–Trinajstić information content (AvgIpc) is 2.16. The molecule has 5 nitrogen and oxygen atoms in total. The van der Waals surface area contributed by atoms with Gasteiger partial charge in [-0.15, -0.1) is 0 Å². The predicted octanol–water partition coefficient (Wildman–Crippen LogP) is 0.557. The highest BCUT2D eigenvalue weighted by molar-refractivity contribution is 5.75. The molecular formula is C8H15N5. The minimum absolute atomic E-state index is 0.479. The fourth-order valence-electron chi connectivity index (χ4n) is 1.07. The number of nitrogen functional groups attached to an aromatic ring is 1. The first-order chi connectivity index (χ1) is 6.20. The number of aromatic nitrogens is 2. The Labute approximate surface area is 78.0 Å². The molecule has 0 amide bonds. The average molecular weight is 181 g/mol. The fraction of sp³-hybridized carbons (Fsp3) is 0.500. The Bertz CT molecular complexity index is 286. The van der Waals surface area contributed by atoms with Gasteiger partial charge in [-0.05, 0) is 6.92 Å². The van der Waals surface area contributed by atoms with Crippen molar-refractivity contribution < 1.29 is 0 Å². The van der Waals surface area contributed by atoms with Crippen LogP contribution in [-0.2, 0) is 0 Å². The van der Waals surface area contributed by atoms with Crippen molar-refractivity contribution >= 4 is 17.3 Å². The fourth-order valence-corrected chi connectivity index (χ4v) is 1.07. The molecule has 0 aliphatic carbocycles. The molecule has 0 spiro atoms. The smallest absolute Gasteiger partial charge is 0.157 e. The number of hydrogen-bond donors (Lipinski definition) is 2. The molecule has 1 aromatic heterocycles. The molecule has 0 saturated carbocycles. The van der Waals surface area contributed by atoms with Crippen LogP contribution in [0.3, 0.4) is 0 Å². The van der Waals surface area contributed by atoms with Crippen molar-refractivity contribution in [2.24, 2.45) is 0 Å². The summed E-state index contributed by atoms with van der Waals surface area (Å²) in [7, 11) is 3.77. The van der Waals surface area contributed by atoms with Crippen LogP contribution in [-0.4, -0.2) is 30.6 Å². The van der Waals surface area contributed by atoms with Crippen LogP contribution in [0, 0.1) is 0 Å². The summed E-state index contributed by atoms with van der Waals surface area (Å²) in [5, 5.41) is 2.99. The van der Waals surface area contributed by atoms with Crippen LogP contribution in [0.15, 0.2) is 6.33 Å². The van der Waals surface area contributed by atoms with E-state index in [4.69, 9.17) is 5.73 Å². The maximum atomic E-state index is 5.68. The molecule has 0 saturated heterocycles. The Kier molecular flexibility index (Phi) is 2.89. The predicted molar refractivity (Wildman–Crippen MR) is 54.9 cm³/mol. The largest absolute Gasteiger partial charge is 0.382 e. The summed E-state index contributed by atoms with van der Waals surface area (Å²) in [6.07, 6.45) is 1.47. The quantitative estimate of drug-likeness (QED) is 0.713. The summed E-state index contributed by atoms with van der Waals surface area (Å²) in [6.45, 7) is 2.93. The van der Waals surface area contributed by atoms with Gasteiger partial charge in [0.25, 0.3) is 0 Å². The zero-order valence-electron chi connectivity index (χ0n) is 8.20. The van der Waals surface area contributed by atoms with Crippen molar-refractivity contribution in [1.29, 1.82) is 0 Å². The third-order valence-corrected chi connectivity index (χ3v) is 1.94. The van der Waals surface area contributed by atoms with Crippen molar-refractivity contribution in [1.82, 2.24) is 9.97 Å². The molecule has 72 valence electrons. The zero-order chi connectivity index (χ0) is 9.84. The monoisotopic (exact) mass is 181 g/mol. The third-order valence-electron chi connectivity index (χ3n) is 1.94. The van der Waals surface area contributed by atoms with Crippen molar-refractivity contribution in [3.8, 4) is 0 Å². The standard InChI is InChI=1S/C8H15N5/c1-4-13(3)8-6(10-2)7(9)11-5-12-8/h5,10H,4H2,1-3H3,(H2,9,11,12). The minimum Gasteiger partial charge on any atom is -0.382 e. The number of nitrogens with zero attached hydrogens (tertiary/aromatic N) is 3. The number of anilines is 3. The van der Waals surface area contributed by atoms with Gasteiger partial charge >= 0.3 is 0 Å². The first kappa shape index (κ1) is 9.57. The van der Waals surface area contributed by atoms with E-state index in [0.717, 1.165) is 18.1 Å². The molecule has 0 fully saturated rings. The summed E-state index contributed by atoms with van der Waals surface area (Å²) in [6, 6.07) is 0. The maximum absolute atomic E-state index is 5.68. The second-order valence-electron chi connectivity index (χ2n) is 2.72. The first-order valence-corrected chi connectivity index (χ1v) is 4.20. The van der Waals surface area contributed by atoms with Crippen LogP contribution in [0.1, 0.15) is 6.92 Å². The van der Waals surface area contributed by atoms with Gasteiger partial charge in [-0.2, -0.15) is 0 Å². The topological polar surface area (TPSA) is 67.1 Å². The first-order valence-electron chi connectivity index (χ1n) is 4.20. The molecule has 1 heterocycles. The Morgan fingerprint density at radius 2 is 2.23 bits per heavy atom. The van der Waals surface area contributed by atoms with E-state index >= 15 is 0 Å². The molecule has 5 heteroatoms. The molecule has 0 radical (unpaired) electrons. The highest BCUT2D eigenvalue weighted by Gasteiger charge is 2.09. The number of nitrogens with two attached hydrogens (primary N) is 1. The second kappa shape index (κ2) is 3.93. The number of nitrogens with one attached hydrogen (secondary N) is 1. The van der Waals surface area contributed by atoms with E-state index in [1.807, 2.05) is 19.0 Å². The van der Waals surface area contributed by atoms with Gasteiger partial charge in [0.2, 0.25) is 0 Å². The summed E-state index contributed by atoms with van der Waals surface area (Å²) in [4.78, 5) is 10.1. The third kappa shape index (κ3) is 1.80. The summed E-state index contributed by atoms with van der Waals surface area (Å²) < 4.78 is 0. The lowest BCUT2D eigenvalue weighted by Crippen LogP contribution is -2.19. The highest BCUT2D eigenvalue weighted by Crippen LogP contribution is 2.25. The van der Waals surface area contributed by atoms with E-state index in [-0.39, 0.29) is 0 Å². The van der Waals surface area contributed by atoms with Crippen LogP contribution in [0.25, 0.3) is 0 Å². The molecule has 13 heavy (non-hydrogen) atoms.